The largest absolute Gasteiger partial charge is 0.472 e. The Hall–Kier alpha value is -2.19. The lowest BCUT2D eigenvalue weighted by Crippen LogP contribution is -2.31. The fourth-order valence-corrected chi connectivity index (χ4v) is 4.55. The van der Waals surface area contributed by atoms with Gasteiger partial charge in [0.25, 0.3) is 0 Å². The van der Waals surface area contributed by atoms with Crippen LogP contribution in [0.15, 0.2) is 41.3 Å². The molecule has 1 aromatic heterocycles. The van der Waals surface area contributed by atoms with Gasteiger partial charge in [-0.25, -0.2) is 8.42 Å². The van der Waals surface area contributed by atoms with Gasteiger partial charge in [0.05, 0.1) is 11.4 Å². The van der Waals surface area contributed by atoms with Crippen molar-refractivity contribution in [3.63, 3.8) is 0 Å². The Bertz CT molecular complexity index is 852. The number of sulfonamides is 1. The number of anilines is 1. The van der Waals surface area contributed by atoms with E-state index in [0.717, 1.165) is 24.2 Å². The van der Waals surface area contributed by atoms with Gasteiger partial charge in [-0.05, 0) is 36.6 Å². The third-order valence-corrected chi connectivity index (χ3v) is 6.46. The standard InChI is InChI=1S/C19H26N4O3S/c1-4-5-15-6-8-17(9-7-15)27(24,25)23-13-12-16(14-23)26-19-11-10-18(20-21-19)22(2)3/h6-11,16H,4-5,12-14H2,1-3H3. The van der Waals surface area contributed by atoms with Crippen LogP contribution in [0.5, 0.6) is 5.88 Å². The molecule has 2 aromatic rings. The van der Waals surface area contributed by atoms with Crippen molar-refractivity contribution in [3.05, 3.63) is 42.0 Å². The predicted molar refractivity (Wildman–Crippen MR) is 105 cm³/mol. The minimum Gasteiger partial charge on any atom is -0.472 e. The van der Waals surface area contributed by atoms with Crippen molar-refractivity contribution in [3.8, 4) is 5.88 Å². The van der Waals surface area contributed by atoms with Crippen molar-refractivity contribution < 1.29 is 13.2 Å². The Kier molecular flexibility index (Phi) is 5.96. The number of aromatic nitrogens is 2. The third-order valence-electron chi connectivity index (χ3n) is 4.58. The molecule has 2 heterocycles. The molecular weight excluding hydrogens is 364 g/mol. The molecule has 0 spiro atoms. The second-order valence-electron chi connectivity index (χ2n) is 6.91. The summed E-state index contributed by atoms with van der Waals surface area (Å²) in [5.74, 6) is 1.15. The average molecular weight is 391 g/mol. The van der Waals surface area contributed by atoms with E-state index in [9.17, 15) is 8.42 Å². The molecule has 1 aliphatic heterocycles. The normalized spacial score (nSPS) is 17.8. The highest BCUT2D eigenvalue weighted by Gasteiger charge is 2.33. The lowest BCUT2D eigenvalue weighted by Gasteiger charge is -2.17. The van der Waals surface area contributed by atoms with E-state index in [0.29, 0.717) is 30.3 Å². The molecule has 1 saturated heterocycles. The van der Waals surface area contributed by atoms with E-state index in [1.165, 1.54) is 4.31 Å². The summed E-state index contributed by atoms with van der Waals surface area (Å²) in [5.41, 5.74) is 1.15. The van der Waals surface area contributed by atoms with Crippen molar-refractivity contribution >= 4 is 15.8 Å². The smallest absolute Gasteiger partial charge is 0.243 e. The van der Waals surface area contributed by atoms with Gasteiger partial charge in [-0.15, -0.1) is 10.2 Å². The minimum atomic E-state index is -3.50. The summed E-state index contributed by atoms with van der Waals surface area (Å²) in [6.07, 6.45) is 2.40. The molecule has 0 amide bonds. The minimum absolute atomic E-state index is 0.223. The zero-order valence-electron chi connectivity index (χ0n) is 16.0. The van der Waals surface area contributed by atoms with E-state index < -0.39 is 10.0 Å². The number of ether oxygens (including phenoxy) is 1. The van der Waals surface area contributed by atoms with Crippen LogP contribution in [0.1, 0.15) is 25.3 Å². The van der Waals surface area contributed by atoms with Crippen LogP contribution in [0.4, 0.5) is 5.82 Å². The van der Waals surface area contributed by atoms with E-state index in [-0.39, 0.29) is 6.10 Å². The van der Waals surface area contributed by atoms with Crippen LogP contribution in [-0.2, 0) is 16.4 Å². The Morgan fingerprint density at radius 3 is 2.48 bits per heavy atom. The van der Waals surface area contributed by atoms with Crippen molar-refractivity contribution in [1.29, 1.82) is 0 Å². The maximum atomic E-state index is 12.9. The molecule has 3 rings (SSSR count). The van der Waals surface area contributed by atoms with Gasteiger partial charge in [0.2, 0.25) is 15.9 Å². The summed E-state index contributed by atoms with van der Waals surface area (Å²) in [4.78, 5) is 2.19. The van der Waals surface area contributed by atoms with Crippen LogP contribution in [0.25, 0.3) is 0 Å². The quantitative estimate of drug-likeness (QED) is 0.722. The first kappa shape index (κ1) is 19.6. The summed E-state index contributed by atoms with van der Waals surface area (Å²) in [6.45, 7) is 2.86. The van der Waals surface area contributed by atoms with Crippen molar-refractivity contribution in [2.45, 2.75) is 37.2 Å². The predicted octanol–water partition coefficient (Wildman–Crippen LogP) is 2.34. The van der Waals surface area contributed by atoms with Gasteiger partial charge >= 0.3 is 0 Å². The van der Waals surface area contributed by atoms with Crippen LogP contribution in [-0.4, -0.2) is 56.2 Å². The summed E-state index contributed by atoms with van der Waals surface area (Å²) in [7, 11) is 0.273. The molecule has 1 atom stereocenters. The van der Waals surface area contributed by atoms with E-state index in [2.05, 4.69) is 17.1 Å². The number of hydrogen-bond donors (Lipinski definition) is 0. The highest BCUT2D eigenvalue weighted by Crippen LogP contribution is 2.24. The molecule has 146 valence electrons. The van der Waals surface area contributed by atoms with Crippen molar-refractivity contribution in [1.82, 2.24) is 14.5 Å². The molecule has 8 heteroatoms. The van der Waals surface area contributed by atoms with Gasteiger partial charge < -0.3 is 9.64 Å². The Morgan fingerprint density at radius 1 is 1.15 bits per heavy atom. The number of aryl methyl sites for hydroxylation is 1. The molecule has 1 unspecified atom stereocenters. The molecular formula is C19H26N4O3S. The molecule has 0 radical (unpaired) electrons. The zero-order valence-corrected chi connectivity index (χ0v) is 16.8. The lowest BCUT2D eigenvalue weighted by atomic mass is 10.1. The lowest BCUT2D eigenvalue weighted by molar-refractivity contribution is 0.204. The first-order chi connectivity index (χ1) is 12.9. The van der Waals surface area contributed by atoms with Gasteiger partial charge in [0, 0.05) is 26.7 Å². The van der Waals surface area contributed by atoms with Crippen LogP contribution in [0.2, 0.25) is 0 Å². The molecule has 0 saturated carbocycles. The highest BCUT2D eigenvalue weighted by atomic mass is 32.2. The molecule has 1 aromatic carbocycles. The molecule has 0 aliphatic carbocycles. The third kappa shape index (κ3) is 4.56. The molecule has 0 bridgehead atoms. The first-order valence-corrected chi connectivity index (χ1v) is 10.6. The van der Waals surface area contributed by atoms with Gasteiger partial charge in [0.1, 0.15) is 6.10 Å². The number of hydrogen-bond acceptors (Lipinski definition) is 6. The highest BCUT2D eigenvalue weighted by molar-refractivity contribution is 7.89. The molecule has 1 aliphatic rings. The van der Waals surface area contributed by atoms with Crippen molar-refractivity contribution in [2.75, 3.05) is 32.1 Å². The Balaban J connectivity index is 1.64. The second-order valence-corrected chi connectivity index (χ2v) is 8.85. The second kappa shape index (κ2) is 8.22. The zero-order chi connectivity index (χ0) is 19.4. The topological polar surface area (TPSA) is 75.6 Å². The number of benzene rings is 1. The fourth-order valence-electron chi connectivity index (χ4n) is 3.06. The summed E-state index contributed by atoms with van der Waals surface area (Å²) >= 11 is 0. The van der Waals surface area contributed by atoms with E-state index in [1.54, 1.807) is 18.2 Å². The van der Waals surface area contributed by atoms with Crippen LogP contribution in [0.3, 0.4) is 0 Å². The maximum Gasteiger partial charge on any atom is 0.243 e. The summed E-state index contributed by atoms with van der Waals surface area (Å²) in [5, 5.41) is 8.13. The van der Waals surface area contributed by atoms with Gasteiger partial charge in [0.15, 0.2) is 5.82 Å². The Morgan fingerprint density at radius 2 is 1.89 bits per heavy atom. The average Bonchev–Trinajstić information content (AvgIpc) is 3.12. The summed E-state index contributed by atoms with van der Waals surface area (Å²) < 4.78 is 33.0. The molecule has 1 fully saturated rings. The van der Waals surface area contributed by atoms with Gasteiger partial charge in [-0.2, -0.15) is 4.31 Å². The van der Waals surface area contributed by atoms with Crippen LogP contribution < -0.4 is 9.64 Å². The molecule has 7 nitrogen and oxygen atoms in total. The molecule has 27 heavy (non-hydrogen) atoms. The molecule has 0 N–H and O–H groups in total. The van der Waals surface area contributed by atoms with Crippen LogP contribution >= 0.6 is 0 Å². The van der Waals surface area contributed by atoms with E-state index >= 15 is 0 Å². The van der Waals surface area contributed by atoms with Crippen LogP contribution in [0, 0.1) is 0 Å². The Labute approximate surface area is 161 Å². The van der Waals surface area contributed by atoms with Gasteiger partial charge in [-0.1, -0.05) is 25.5 Å². The van der Waals surface area contributed by atoms with E-state index in [4.69, 9.17) is 4.74 Å². The number of rotatable bonds is 7. The van der Waals surface area contributed by atoms with Crippen molar-refractivity contribution in [2.24, 2.45) is 0 Å². The first-order valence-electron chi connectivity index (χ1n) is 9.17. The van der Waals surface area contributed by atoms with E-state index in [1.807, 2.05) is 37.2 Å². The number of nitrogens with zero attached hydrogens (tertiary/aromatic N) is 4. The van der Waals surface area contributed by atoms with Gasteiger partial charge in [-0.3, -0.25) is 0 Å². The summed E-state index contributed by atoms with van der Waals surface area (Å²) in [6, 6.07) is 10.8. The monoisotopic (exact) mass is 390 g/mol. The SMILES string of the molecule is CCCc1ccc(S(=O)(=O)N2CCC(Oc3ccc(N(C)C)nn3)C2)cc1. The maximum absolute atomic E-state index is 12.9. The fraction of sp³-hybridized carbons (Fsp3) is 0.474.